The number of nitrogens with zero attached hydrogens (tertiary/aromatic N) is 4. The molecular weight excluding hydrogens is 619 g/mol. The first-order valence-electron chi connectivity index (χ1n) is 12.4. The van der Waals surface area contributed by atoms with Crippen molar-refractivity contribution in [2.24, 2.45) is 5.73 Å². The molecule has 1 aliphatic carbocycles. The Kier molecular flexibility index (Phi) is 15.4. The zero-order valence-electron chi connectivity index (χ0n) is 22.0. The van der Waals surface area contributed by atoms with E-state index >= 15 is 0 Å². The highest BCUT2D eigenvalue weighted by molar-refractivity contribution is 5.86. The van der Waals surface area contributed by atoms with Gasteiger partial charge >= 0.3 is 0 Å². The molecule has 0 radical (unpaired) electrons. The second-order valence-corrected chi connectivity index (χ2v) is 10.1. The van der Waals surface area contributed by atoms with Gasteiger partial charge in [0, 0.05) is 42.0 Å². The van der Waals surface area contributed by atoms with Crippen LogP contribution in [0.3, 0.4) is 0 Å². The average molecular weight is 658 g/mol. The van der Waals surface area contributed by atoms with Crippen LogP contribution < -0.4 is 10.6 Å². The quantitative estimate of drug-likeness (QED) is 0.322. The fourth-order valence-corrected chi connectivity index (χ4v) is 6.48. The molecule has 39 heavy (non-hydrogen) atoms. The molecule has 3 aromatic rings. The summed E-state index contributed by atoms with van der Waals surface area (Å²) in [7, 11) is 0. The van der Waals surface area contributed by atoms with Gasteiger partial charge in [-0.15, -0.1) is 74.4 Å². The highest BCUT2D eigenvalue weighted by atomic mass is 35.5. The molecule has 1 fully saturated rings. The number of aromatic nitrogens is 2. The first kappa shape index (κ1) is 38.0. The van der Waals surface area contributed by atoms with Crippen LogP contribution in [0.25, 0.3) is 0 Å². The first-order valence-corrected chi connectivity index (χ1v) is 12.4. The molecule has 0 bridgehead atoms. The molecule has 5 nitrogen and oxygen atoms in total. The Morgan fingerprint density at radius 1 is 0.897 bits per heavy atom. The Morgan fingerprint density at radius 3 is 2.26 bits per heavy atom. The molecule has 1 aromatic heterocycles. The lowest BCUT2D eigenvalue weighted by Gasteiger charge is -2.40. The summed E-state index contributed by atoms with van der Waals surface area (Å²) in [6.45, 7) is 7.16. The van der Waals surface area contributed by atoms with E-state index in [4.69, 9.17) is 10.7 Å². The maximum atomic E-state index is 6.28. The summed E-state index contributed by atoms with van der Waals surface area (Å²) in [4.78, 5) is 14.6. The summed E-state index contributed by atoms with van der Waals surface area (Å²) in [5, 5.41) is 0. The largest absolute Gasteiger partial charge is 0.326 e. The second kappa shape index (κ2) is 15.8. The number of likely N-dealkylation sites (tertiary alicyclic amines) is 1. The molecule has 3 heterocycles. The number of anilines is 2. The van der Waals surface area contributed by atoms with Gasteiger partial charge in [-0.3, -0.25) is 4.90 Å². The third-order valence-corrected chi connectivity index (χ3v) is 8.20. The number of rotatable bonds is 4. The molecule has 2 aromatic carbocycles. The van der Waals surface area contributed by atoms with Crippen molar-refractivity contribution in [2.75, 3.05) is 24.5 Å². The topological polar surface area (TPSA) is 58.3 Å². The van der Waals surface area contributed by atoms with E-state index in [9.17, 15) is 0 Å². The van der Waals surface area contributed by atoms with E-state index in [2.05, 4.69) is 70.2 Å². The highest BCUT2D eigenvalue weighted by Crippen LogP contribution is 2.52. The summed E-state index contributed by atoms with van der Waals surface area (Å²) in [6.07, 6.45) is 6.32. The van der Waals surface area contributed by atoms with Crippen LogP contribution in [0.4, 0.5) is 11.5 Å². The fraction of sp³-hybridized carbons (Fsp3) is 0.429. The molecule has 2 aliphatic heterocycles. The summed E-state index contributed by atoms with van der Waals surface area (Å²) in [5.41, 5.74) is 14.5. The van der Waals surface area contributed by atoms with Crippen molar-refractivity contribution in [3.05, 3.63) is 82.8 Å². The predicted molar refractivity (Wildman–Crippen MR) is 176 cm³/mol. The van der Waals surface area contributed by atoms with Crippen molar-refractivity contribution >= 4 is 85.9 Å². The average Bonchev–Trinajstić information content (AvgIpc) is 3.40. The zero-order valence-corrected chi connectivity index (χ0v) is 26.9. The van der Waals surface area contributed by atoms with Crippen molar-refractivity contribution in [3.8, 4) is 0 Å². The minimum Gasteiger partial charge on any atom is -0.326 e. The smallest absolute Gasteiger partial charge is 0.140 e. The lowest BCUT2D eigenvalue weighted by molar-refractivity contribution is 0.160. The van der Waals surface area contributed by atoms with Crippen LogP contribution in [-0.2, 0) is 24.9 Å². The molecule has 0 amide bonds. The maximum Gasteiger partial charge on any atom is 0.140 e. The monoisotopic (exact) mass is 655 g/mol. The van der Waals surface area contributed by atoms with Gasteiger partial charge in [-0.05, 0) is 67.4 Å². The molecule has 6 rings (SSSR count). The van der Waals surface area contributed by atoms with Crippen LogP contribution >= 0.6 is 74.4 Å². The molecule has 0 saturated carbocycles. The Labute approximate surface area is 269 Å². The Bertz CT molecular complexity index is 1170. The van der Waals surface area contributed by atoms with E-state index in [1.165, 1.54) is 40.1 Å². The van der Waals surface area contributed by atoms with E-state index in [1.54, 1.807) is 6.33 Å². The minimum absolute atomic E-state index is 0. The maximum absolute atomic E-state index is 6.28. The SMILES string of the molecule is C[C@@H]1CCc2ncnc(N3CC4(CCN(Cc5ccccc5)CC4)c4c(CN)cccc43)c21.Cl.Cl.Cl.Cl.Cl.Cl. The third-order valence-electron chi connectivity index (χ3n) is 8.20. The van der Waals surface area contributed by atoms with Gasteiger partial charge in [-0.25, -0.2) is 9.97 Å². The third kappa shape index (κ3) is 6.90. The van der Waals surface area contributed by atoms with Gasteiger partial charge in [0.2, 0.25) is 0 Å². The number of hydrogen-bond donors (Lipinski definition) is 1. The molecule has 0 unspecified atom stereocenters. The van der Waals surface area contributed by atoms with Crippen LogP contribution in [0.5, 0.6) is 0 Å². The number of aryl methyl sites for hydroxylation is 1. The lowest BCUT2D eigenvalue weighted by Crippen LogP contribution is -2.44. The van der Waals surface area contributed by atoms with Crippen molar-refractivity contribution < 1.29 is 0 Å². The van der Waals surface area contributed by atoms with E-state index in [0.717, 1.165) is 51.3 Å². The summed E-state index contributed by atoms with van der Waals surface area (Å²) in [6, 6.07) is 17.5. The molecule has 218 valence electrons. The van der Waals surface area contributed by atoms with E-state index in [0.29, 0.717) is 12.5 Å². The van der Waals surface area contributed by atoms with Crippen molar-refractivity contribution in [1.82, 2.24) is 14.9 Å². The number of piperidine rings is 1. The predicted octanol–water partition coefficient (Wildman–Crippen LogP) is 7.20. The number of benzene rings is 2. The van der Waals surface area contributed by atoms with Crippen LogP contribution in [0.1, 0.15) is 60.1 Å². The molecule has 1 atom stereocenters. The number of fused-ring (bicyclic) bond motifs is 3. The van der Waals surface area contributed by atoms with E-state index in [1.807, 2.05) is 0 Å². The first-order chi connectivity index (χ1) is 16.2. The van der Waals surface area contributed by atoms with E-state index < -0.39 is 0 Å². The van der Waals surface area contributed by atoms with Gasteiger partial charge in [0.25, 0.3) is 0 Å². The van der Waals surface area contributed by atoms with Gasteiger partial charge in [-0.2, -0.15) is 0 Å². The molecule has 3 aliphatic rings. The number of nitrogens with two attached hydrogens (primary N) is 1. The summed E-state index contributed by atoms with van der Waals surface area (Å²) >= 11 is 0. The number of halogens is 6. The lowest BCUT2D eigenvalue weighted by atomic mass is 9.72. The van der Waals surface area contributed by atoms with Crippen molar-refractivity contribution in [3.63, 3.8) is 0 Å². The Hall–Kier alpha value is -1.02. The fourth-order valence-electron chi connectivity index (χ4n) is 6.48. The molecule has 2 N–H and O–H groups in total. The summed E-state index contributed by atoms with van der Waals surface area (Å²) in [5.74, 6) is 1.64. The molecule has 1 saturated heterocycles. The summed E-state index contributed by atoms with van der Waals surface area (Å²) < 4.78 is 0. The number of hydrogen-bond acceptors (Lipinski definition) is 5. The van der Waals surface area contributed by atoms with Crippen molar-refractivity contribution in [2.45, 2.75) is 57.0 Å². The van der Waals surface area contributed by atoms with Gasteiger partial charge in [0.1, 0.15) is 12.1 Å². The van der Waals surface area contributed by atoms with Gasteiger partial charge in [-0.1, -0.05) is 49.4 Å². The minimum atomic E-state index is 0. The van der Waals surface area contributed by atoms with Crippen molar-refractivity contribution in [1.29, 1.82) is 0 Å². The standard InChI is InChI=1S/C28H33N5.6ClH/c1-20-10-11-23-25(20)27(31-19-30-23)33-18-28(26-22(16-29)8-5-9-24(26)33)12-14-32(15-13-28)17-21-6-3-2-4-7-21;;;;;;/h2-9,19-20H,10-18,29H2,1H3;6*1H/t20-;;;;;;/m1....../s1. The Balaban J connectivity index is 0.00000241. The molecule has 11 heteroatoms. The van der Waals surface area contributed by atoms with Crippen LogP contribution in [0, 0.1) is 0 Å². The van der Waals surface area contributed by atoms with E-state index in [-0.39, 0.29) is 79.9 Å². The van der Waals surface area contributed by atoms with Crippen LogP contribution in [-0.4, -0.2) is 34.5 Å². The normalized spacial score (nSPS) is 18.1. The molecule has 1 spiro atoms. The zero-order chi connectivity index (χ0) is 22.4. The van der Waals surface area contributed by atoms with Gasteiger partial charge < -0.3 is 10.6 Å². The second-order valence-electron chi connectivity index (χ2n) is 10.1. The van der Waals surface area contributed by atoms with Crippen LogP contribution in [0.15, 0.2) is 54.9 Å². The van der Waals surface area contributed by atoms with Gasteiger partial charge in [0.15, 0.2) is 0 Å². The highest BCUT2D eigenvalue weighted by Gasteiger charge is 2.47. The van der Waals surface area contributed by atoms with Gasteiger partial charge in [0.05, 0.1) is 0 Å². The molecular formula is C28H39Cl6N5. The van der Waals surface area contributed by atoms with Crippen LogP contribution in [0.2, 0.25) is 0 Å². The Morgan fingerprint density at radius 2 is 1.59 bits per heavy atom.